The van der Waals surface area contributed by atoms with E-state index in [2.05, 4.69) is 16.0 Å². The van der Waals surface area contributed by atoms with Crippen LogP contribution in [0.3, 0.4) is 0 Å². The Morgan fingerprint density at radius 3 is 2.41 bits per heavy atom. The second kappa shape index (κ2) is 9.89. The van der Waals surface area contributed by atoms with Crippen LogP contribution in [-0.2, 0) is 11.3 Å². The number of rotatable bonds is 8. The van der Waals surface area contributed by atoms with Crippen molar-refractivity contribution in [3.8, 4) is 0 Å². The largest absolute Gasteiger partial charge is 0.459 e. The van der Waals surface area contributed by atoms with E-state index in [0.29, 0.717) is 17.8 Å². The standard InChI is InChI=1S/C22H21N3O4/c26-20(11-12-23-21(27)17-7-2-1-3-8-17)24-15-16-6-4-9-18(14-16)25-22(28)19-10-5-13-29-19/h1-10,13-14H,11-12,15H2,(H,23,27)(H,24,26)(H,25,28). The molecule has 148 valence electrons. The fourth-order valence-corrected chi connectivity index (χ4v) is 2.63. The number of carbonyl (C=O) groups excluding carboxylic acids is 3. The van der Waals surface area contributed by atoms with E-state index in [4.69, 9.17) is 4.42 Å². The molecule has 3 aromatic rings. The van der Waals surface area contributed by atoms with Gasteiger partial charge in [0.15, 0.2) is 5.76 Å². The van der Waals surface area contributed by atoms with Gasteiger partial charge >= 0.3 is 0 Å². The van der Waals surface area contributed by atoms with Crippen LogP contribution in [0.15, 0.2) is 77.4 Å². The van der Waals surface area contributed by atoms with E-state index in [1.54, 1.807) is 54.6 Å². The molecule has 0 fully saturated rings. The second-order valence-corrected chi connectivity index (χ2v) is 6.28. The van der Waals surface area contributed by atoms with Crippen LogP contribution in [-0.4, -0.2) is 24.3 Å². The van der Waals surface area contributed by atoms with Crippen molar-refractivity contribution in [2.24, 2.45) is 0 Å². The van der Waals surface area contributed by atoms with Crippen LogP contribution in [0.25, 0.3) is 0 Å². The molecule has 3 rings (SSSR count). The van der Waals surface area contributed by atoms with Crippen molar-refractivity contribution in [3.63, 3.8) is 0 Å². The highest BCUT2D eigenvalue weighted by Crippen LogP contribution is 2.12. The highest BCUT2D eigenvalue weighted by molar-refractivity contribution is 6.02. The predicted molar refractivity (Wildman–Crippen MR) is 108 cm³/mol. The van der Waals surface area contributed by atoms with Gasteiger partial charge in [0.2, 0.25) is 5.91 Å². The lowest BCUT2D eigenvalue weighted by Gasteiger charge is -2.09. The number of furan rings is 1. The van der Waals surface area contributed by atoms with Gasteiger partial charge in [-0.25, -0.2) is 0 Å². The fourth-order valence-electron chi connectivity index (χ4n) is 2.63. The summed E-state index contributed by atoms with van der Waals surface area (Å²) >= 11 is 0. The first kappa shape index (κ1) is 19.9. The zero-order valence-corrected chi connectivity index (χ0v) is 15.7. The Bertz CT molecular complexity index is 969. The number of hydrogen-bond donors (Lipinski definition) is 3. The molecule has 0 saturated heterocycles. The maximum Gasteiger partial charge on any atom is 0.291 e. The Labute approximate surface area is 168 Å². The van der Waals surface area contributed by atoms with Crippen molar-refractivity contribution in [1.82, 2.24) is 10.6 Å². The van der Waals surface area contributed by atoms with Crippen LogP contribution in [0.2, 0.25) is 0 Å². The van der Waals surface area contributed by atoms with Crippen LogP contribution < -0.4 is 16.0 Å². The minimum absolute atomic E-state index is 0.174. The monoisotopic (exact) mass is 391 g/mol. The highest BCUT2D eigenvalue weighted by atomic mass is 16.3. The molecule has 0 bridgehead atoms. The van der Waals surface area contributed by atoms with Gasteiger partial charge in [0, 0.05) is 30.8 Å². The molecule has 3 amide bonds. The van der Waals surface area contributed by atoms with Crippen molar-refractivity contribution < 1.29 is 18.8 Å². The quantitative estimate of drug-likeness (QED) is 0.550. The normalized spacial score (nSPS) is 10.2. The van der Waals surface area contributed by atoms with Gasteiger partial charge in [0.05, 0.1) is 6.26 Å². The average Bonchev–Trinajstić information content (AvgIpc) is 3.28. The summed E-state index contributed by atoms with van der Waals surface area (Å²) in [6.07, 6.45) is 1.61. The first-order valence-electron chi connectivity index (χ1n) is 9.15. The van der Waals surface area contributed by atoms with E-state index in [1.165, 1.54) is 6.26 Å². The summed E-state index contributed by atoms with van der Waals surface area (Å²) in [6, 6.07) is 19.2. The lowest BCUT2D eigenvalue weighted by molar-refractivity contribution is -0.121. The van der Waals surface area contributed by atoms with Crippen molar-refractivity contribution in [2.45, 2.75) is 13.0 Å². The van der Waals surface area contributed by atoms with Crippen molar-refractivity contribution in [2.75, 3.05) is 11.9 Å². The van der Waals surface area contributed by atoms with E-state index in [0.717, 1.165) is 5.56 Å². The molecular weight excluding hydrogens is 370 g/mol. The average molecular weight is 391 g/mol. The molecule has 29 heavy (non-hydrogen) atoms. The maximum atomic E-state index is 12.0. The molecule has 1 heterocycles. The Kier molecular flexibility index (Phi) is 6.78. The van der Waals surface area contributed by atoms with Crippen LogP contribution >= 0.6 is 0 Å². The molecule has 3 N–H and O–H groups in total. The minimum atomic E-state index is -0.342. The minimum Gasteiger partial charge on any atom is -0.459 e. The number of carbonyl (C=O) groups is 3. The number of anilines is 1. The summed E-state index contributed by atoms with van der Waals surface area (Å²) in [5, 5.41) is 8.26. The molecule has 0 atom stereocenters. The summed E-state index contributed by atoms with van der Waals surface area (Å²) in [7, 11) is 0. The van der Waals surface area contributed by atoms with Crippen LogP contribution in [0, 0.1) is 0 Å². The lowest BCUT2D eigenvalue weighted by atomic mass is 10.2. The number of amides is 3. The molecule has 0 aliphatic rings. The fraction of sp³-hybridized carbons (Fsp3) is 0.136. The van der Waals surface area contributed by atoms with Gasteiger partial charge in [-0.05, 0) is 42.0 Å². The van der Waals surface area contributed by atoms with Crippen LogP contribution in [0.4, 0.5) is 5.69 Å². The van der Waals surface area contributed by atoms with Gasteiger partial charge < -0.3 is 20.4 Å². The Balaban J connectivity index is 1.42. The van der Waals surface area contributed by atoms with Crippen molar-refractivity contribution in [1.29, 1.82) is 0 Å². The SMILES string of the molecule is O=C(CCNC(=O)c1ccccc1)NCc1cccc(NC(=O)c2ccco2)c1. The first-order valence-corrected chi connectivity index (χ1v) is 9.15. The van der Waals surface area contributed by atoms with Gasteiger partial charge in [-0.3, -0.25) is 14.4 Å². The number of benzene rings is 2. The third-order valence-electron chi connectivity index (χ3n) is 4.09. The van der Waals surface area contributed by atoms with Gasteiger partial charge in [-0.15, -0.1) is 0 Å². The number of hydrogen-bond acceptors (Lipinski definition) is 4. The van der Waals surface area contributed by atoms with E-state index >= 15 is 0 Å². The Morgan fingerprint density at radius 1 is 0.828 bits per heavy atom. The zero-order chi connectivity index (χ0) is 20.5. The molecule has 0 radical (unpaired) electrons. The summed E-state index contributed by atoms with van der Waals surface area (Å²) in [5.41, 5.74) is 2.00. The van der Waals surface area contributed by atoms with E-state index < -0.39 is 0 Å². The third kappa shape index (κ3) is 6.07. The summed E-state index contributed by atoms with van der Waals surface area (Å²) in [4.78, 5) is 36.0. The third-order valence-corrected chi connectivity index (χ3v) is 4.09. The molecule has 0 saturated carbocycles. The predicted octanol–water partition coefficient (Wildman–Crippen LogP) is 2.97. The van der Waals surface area contributed by atoms with E-state index in [-0.39, 0.29) is 36.4 Å². The summed E-state index contributed by atoms with van der Waals surface area (Å²) < 4.78 is 5.06. The zero-order valence-electron chi connectivity index (χ0n) is 15.7. The second-order valence-electron chi connectivity index (χ2n) is 6.28. The number of nitrogens with one attached hydrogen (secondary N) is 3. The lowest BCUT2D eigenvalue weighted by Crippen LogP contribution is -2.30. The van der Waals surface area contributed by atoms with E-state index in [1.807, 2.05) is 12.1 Å². The topological polar surface area (TPSA) is 100 Å². The molecular formula is C22H21N3O4. The van der Waals surface area contributed by atoms with Crippen LogP contribution in [0.1, 0.15) is 32.9 Å². The molecule has 7 heteroatoms. The first-order chi connectivity index (χ1) is 14.1. The summed E-state index contributed by atoms with van der Waals surface area (Å²) in [5.74, 6) is -0.506. The smallest absolute Gasteiger partial charge is 0.291 e. The van der Waals surface area contributed by atoms with Gasteiger partial charge in [0.25, 0.3) is 11.8 Å². The maximum absolute atomic E-state index is 12.0. The molecule has 0 unspecified atom stereocenters. The molecule has 7 nitrogen and oxygen atoms in total. The van der Waals surface area contributed by atoms with Gasteiger partial charge in [-0.2, -0.15) is 0 Å². The molecule has 0 aliphatic heterocycles. The molecule has 1 aromatic heterocycles. The Hall–Kier alpha value is -3.87. The molecule has 2 aromatic carbocycles. The highest BCUT2D eigenvalue weighted by Gasteiger charge is 2.09. The van der Waals surface area contributed by atoms with Crippen molar-refractivity contribution >= 4 is 23.4 Å². The molecule has 0 aliphatic carbocycles. The van der Waals surface area contributed by atoms with Gasteiger partial charge in [0.1, 0.15) is 0 Å². The Morgan fingerprint density at radius 2 is 1.66 bits per heavy atom. The van der Waals surface area contributed by atoms with Crippen molar-refractivity contribution in [3.05, 3.63) is 89.9 Å². The summed E-state index contributed by atoms with van der Waals surface area (Å²) in [6.45, 7) is 0.564. The molecule has 0 spiro atoms. The van der Waals surface area contributed by atoms with Gasteiger partial charge in [-0.1, -0.05) is 30.3 Å². The van der Waals surface area contributed by atoms with Crippen LogP contribution in [0.5, 0.6) is 0 Å². The van der Waals surface area contributed by atoms with E-state index in [9.17, 15) is 14.4 Å².